The minimum atomic E-state index is -0.856. The molecular weight excluding hydrogens is 311 g/mol. The lowest BCUT2D eigenvalue weighted by Gasteiger charge is -2.04. The number of rotatable bonds is 1. The molecule has 0 radical (unpaired) electrons. The summed E-state index contributed by atoms with van der Waals surface area (Å²) in [6.45, 7) is 0. The molecule has 2 nitrogen and oxygen atoms in total. The highest BCUT2D eigenvalue weighted by molar-refractivity contribution is 9.10. The van der Waals surface area contributed by atoms with Crippen LogP contribution in [-0.4, -0.2) is 0 Å². The van der Waals surface area contributed by atoms with Crippen LogP contribution in [0.2, 0.25) is 0 Å². The summed E-state index contributed by atoms with van der Waals surface area (Å²) < 4.78 is 19.8. The average Bonchev–Trinajstić information content (AvgIpc) is 2.41. The van der Waals surface area contributed by atoms with Crippen LogP contribution in [0.15, 0.2) is 62.2 Å². The van der Waals surface area contributed by atoms with Crippen molar-refractivity contribution in [1.29, 1.82) is 0 Å². The second-order valence-corrected chi connectivity index (χ2v) is 5.00. The van der Waals surface area contributed by atoms with Crippen LogP contribution in [0.1, 0.15) is 0 Å². The van der Waals surface area contributed by atoms with E-state index in [-0.39, 0.29) is 16.6 Å². The summed E-state index contributed by atoms with van der Waals surface area (Å²) in [5, 5.41) is 0.356. The minimum absolute atomic E-state index is 0.0359. The van der Waals surface area contributed by atoms with Gasteiger partial charge in [0.1, 0.15) is 11.1 Å². The number of fused-ring (bicyclic) bond motifs is 1. The summed E-state index contributed by atoms with van der Waals surface area (Å²) in [5.74, 6) is 0. The molecule has 0 aliphatic heterocycles. The van der Waals surface area contributed by atoms with Crippen LogP contribution in [-0.2, 0) is 0 Å². The van der Waals surface area contributed by atoms with Gasteiger partial charge in [-0.1, -0.05) is 46.3 Å². The average molecular weight is 319 g/mol. The minimum Gasteiger partial charge on any atom is -0.430 e. The molecule has 4 heteroatoms. The standard InChI is InChI=1S/C15H8BrFO2/c16-10-6-7-12-11(8-10)14(18)13(15(17)19-12)9-4-2-1-3-5-9/h1-8H. The Morgan fingerprint density at radius 3 is 2.53 bits per heavy atom. The summed E-state index contributed by atoms with van der Waals surface area (Å²) in [5.41, 5.74) is 0.346. The summed E-state index contributed by atoms with van der Waals surface area (Å²) >= 11 is 3.29. The van der Waals surface area contributed by atoms with Gasteiger partial charge in [0.15, 0.2) is 0 Å². The quantitative estimate of drug-likeness (QED) is 0.667. The van der Waals surface area contributed by atoms with Crippen molar-refractivity contribution in [3.8, 4) is 11.1 Å². The Kier molecular flexibility index (Phi) is 2.95. The fourth-order valence-corrected chi connectivity index (χ4v) is 2.35. The molecule has 0 amide bonds. The van der Waals surface area contributed by atoms with Gasteiger partial charge in [-0.2, -0.15) is 4.39 Å². The highest BCUT2D eigenvalue weighted by Crippen LogP contribution is 2.24. The molecule has 0 atom stereocenters. The van der Waals surface area contributed by atoms with Crippen molar-refractivity contribution in [3.63, 3.8) is 0 Å². The van der Waals surface area contributed by atoms with E-state index in [1.807, 2.05) is 0 Å². The Hall–Kier alpha value is -1.94. The Labute approximate surface area is 116 Å². The molecular formula is C15H8BrFO2. The Morgan fingerprint density at radius 2 is 1.79 bits per heavy atom. The van der Waals surface area contributed by atoms with E-state index in [9.17, 15) is 9.18 Å². The van der Waals surface area contributed by atoms with Gasteiger partial charge >= 0.3 is 0 Å². The summed E-state index contributed by atoms with van der Waals surface area (Å²) in [4.78, 5) is 12.4. The van der Waals surface area contributed by atoms with Crippen molar-refractivity contribution in [1.82, 2.24) is 0 Å². The van der Waals surface area contributed by atoms with Gasteiger partial charge in [-0.05, 0) is 23.8 Å². The zero-order valence-corrected chi connectivity index (χ0v) is 11.3. The summed E-state index contributed by atoms with van der Waals surface area (Å²) in [7, 11) is 0. The molecule has 1 aromatic heterocycles. The summed E-state index contributed by atoms with van der Waals surface area (Å²) in [6.07, 6.45) is 0. The molecule has 3 rings (SSSR count). The predicted octanol–water partition coefficient (Wildman–Crippen LogP) is 4.36. The van der Waals surface area contributed by atoms with E-state index < -0.39 is 6.01 Å². The van der Waals surface area contributed by atoms with Crippen molar-refractivity contribution in [2.45, 2.75) is 0 Å². The lowest BCUT2D eigenvalue weighted by Crippen LogP contribution is -2.07. The molecule has 0 fully saturated rings. The molecule has 0 aliphatic rings. The first kappa shape index (κ1) is 12.1. The molecule has 0 saturated heterocycles. The van der Waals surface area contributed by atoms with E-state index in [0.717, 1.165) is 4.47 Å². The van der Waals surface area contributed by atoms with Crippen LogP contribution in [0, 0.1) is 6.01 Å². The Morgan fingerprint density at radius 1 is 1.05 bits per heavy atom. The van der Waals surface area contributed by atoms with Gasteiger partial charge < -0.3 is 4.42 Å². The lowest BCUT2D eigenvalue weighted by atomic mass is 10.1. The molecule has 1 heterocycles. The largest absolute Gasteiger partial charge is 0.430 e. The second kappa shape index (κ2) is 4.63. The maximum Gasteiger partial charge on any atom is 0.290 e. The first-order chi connectivity index (χ1) is 9.16. The van der Waals surface area contributed by atoms with Crippen molar-refractivity contribution in [3.05, 3.63) is 69.2 Å². The van der Waals surface area contributed by atoms with Crippen LogP contribution in [0.3, 0.4) is 0 Å². The fraction of sp³-hybridized carbons (Fsp3) is 0. The number of hydrogen-bond donors (Lipinski definition) is 0. The molecule has 0 saturated carbocycles. The van der Waals surface area contributed by atoms with Gasteiger partial charge in [-0.25, -0.2) is 0 Å². The van der Waals surface area contributed by atoms with Gasteiger partial charge in [0.2, 0.25) is 5.43 Å². The zero-order valence-electron chi connectivity index (χ0n) is 9.69. The van der Waals surface area contributed by atoms with Gasteiger partial charge in [-0.15, -0.1) is 0 Å². The smallest absolute Gasteiger partial charge is 0.290 e. The van der Waals surface area contributed by atoms with Crippen molar-refractivity contribution < 1.29 is 8.81 Å². The van der Waals surface area contributed by atoms with E-state index in [1.165, 1.54) is 0 Å². The van der Waals surface area contributed by atoms with Crippen molar-refractivity contribution in [2.75, 3.05) is 0 Å². The number of hydrogen-bond acceptors (Lipinski definition) is 2. The van der Waals surface area contributed by atoms with E-state index in [4.69, 9.17) is 4.42 Å². The second-order valence-electron chi connectivity index (χ2n) is 4.09. The first-order valence-electron chi connectivity index (χ1n) is 5.64. The molecule has 0 N–H and O–H groups in total. The highest BCUT2D eigenvalue weighted by atomic mass is 79.9. The molecule has 0 bridgehead atoms. The maximum atomic E-state index is 14.0. The van der Waals surface area contributed by atoms with Crippen LogP contribution in [0.5, 0.6) is 0 Å². The Balaban J connectivity index is 2.41. The first-order valence-corrected chi connectivity index (χ1v) is 6.43. The predicted molar refractivity (Wildman–Crippen MR) is 75.6 cm³/mol. The highest BCUT2D eigenvalue weighted by Gasteiger charge is 2.15. The van der Waals surface area contributed by atoms with E-state index in [2.05, 4.69) is 15.9 Å². The van der Waals surface area contributed by atoms with Gasteiger partial charge in [0.25, 0.3) is 6.01 Å². The Bertz CT molecular complexity index is 809. The van der Waals surface area contributed by atoms with E-state index in [0.29, 0.717) is 10.9 Å². The molecule has 3 aromatic rings. The van der Waals surface area contributed by atoms with Gasteiger partial charge in [0, 0.05) is 4.47 Å². The topological polar surface area (TPSA) is 30.2 Å². The molecule has 0 spiro atoms. The van der Waals surface area contributed by atoms with Crippen LogP contribution < -0.4 is 5.43 Å². The number of benzene rings is 2. The third-order valence-corrected chi connectivity index (χ3v) is 3.37. The third kappa shape index (κ3) is 2.08. The monoisotopic (exact) mass is 318 g/mol. The van der Waals surface area contributed by atoms with Crippen molar-refractivity contribution in [2.24, 2.45) is 0 Å². The number of halogens is 2. The molecule has 0 unspecified atom stereocenters. The fourth-order valence-electron chi connectivity index (χ4n) is 1.99. The SMILES string of the molecule is O=c1c(-c2ccccc2)c(F)oc2ccc(Br)cc12. The molecule has 2 aromatic carbocycles. The van der Waals surface area contributed by atoms with Gasteiger partial charge in [0.05, 0.1) is 5.39 Å². The van der Waals surface area contributed by atoms with Crippen LogP contribution >= 0.6 is 15.9 Å². The van der Waals surface area contributed by atoms with Crippen molar-refractivity contribution >= 4 is 26.9 Å². The third-order valence-electron chi connectivity index (χ3n) is 2.87. The zero-order chi connectivity index (χ0) is 13.4. The summed E-state index contributed by atoms with van der Waals surface area (Å²) in [6, 6.07) is 12.7. The van der Waals surface area contributed by atoms with Crippen LogP contribution in [0.25, 0.3) is 22.1 Å². The molecule has 94 valence electrons. The van der Waals surface area contributed by atoms with E-state index in [1.54, 1.807) is 48.5 Å². The van der Waals surface area contributed by atoms with Crippen LogP contribution in [0.4, 0.5) is 4.39 Å². The maximum absolute atomic E-state index is 14.0. The molecule has 0 aliphatic carbocycles. The molecule has 19 heavy (non-hydrogen) atoms. The van der Waals surface area contributed by atoms with E-state index >= 15 is 0 Å². The van der Waals surface area contributed by atoms with Gasteiger partial charge in [-0.3, -0.25) is 4.79 Å². The lowest BCUT2D eigenvalue weighted by molar-refractivity contribution is 0.373. The normalized spacial score (nSPS) is 10.8.